The number of anilines is 1. The zero-order chi connectivity index (χ0) is 27.0. The summed E-state index contributed by atoms with van der Waals surface area (Å²) in [5.74, 6) is -1.31. The number of carbonyl (C=O) groups is 2. The molecule has 0 bridgehead atoms. The molecule has 3 aromatic carbocycles. The van der Waals surface area contributed by atoms with Gasteiger partial charge >= 0.3 is 0 Å². The predicted octanol–water partition coefficient (Wildman–Crippen LogP) is 2.99. The van der Waals surface area contributed by atoms with Crippen LogP contribution < -0.4 is 14.4 Å². The molecule has 10 heteroatoms. The molecule has 0 fully saturated rings. The fourth-order valence-corrected chi connectivity index (χ4v) is 4.79. The molecule has 8 nitrogen and oxygen atoms in total. The van der Waals surface area contributed by atoms with Crippen molar-refractivity contribution in [2.75, 3.05) is 31.3 Å². The average Bonchev–Trinajstić information content (AvgIpc) is 2.89. The van der Waals surface area contributed by atoms with Crippen LogP contribution >= 0.6 is 0 Å². The summed E-state index contributed by atoms with van der Waals surface area (Å²) >= 11 is 0. The molecule has 0 radical (unpaired) electrons. The Morgan fingerprint density at radius 2 is 1.62 bits per heavy atom. The van der Waals surface area contributed by atoms with Gasteiger partial charge in [-0.1, -0.05) is 54.6 Å². The highest BCUT2D eigenvalue weighted by molar-refractivity contribution is 7.92. The maximum absolute atomic E-state index is 14.6. The van der Waals surface area contributed by atoms with Crippen molar-refractivity contribution in [3.63, 3.8) is 0 Å². The number of amides is 2. The Morgan fingerprint density at radius 3 is 2.24 bits per heavy atom. The number of nitrogens with zero attached hydrogens (tertiary/aromatic N) is 2. The molecule has 0 aliphatic rings. The standard InChI is InChI=1S/C27H30FN3O5S/c1-29-27(33)25(17-20-10-5-4-6-11-20)30(18-21-12-9-13-22(16-21)36-2)26(32)19-31(37(3,34)35)24-15-8-7-14-23(24)28/h4-16,25H,17-19H2,1-3H3,(H,29,33)/t25-/m0/s1. The number of hydrogen-bond donors (Lipinski definition) is 1. The van der Waals surface area contributed by atoms with Crippen LogP contribution in [0.2, 0.25) is 0 Å². The van der Waals surface area contributed by atoms with Crippen molar-refractivity contribution in [2.24, 2.45) is 0 Å². The molecule has 0 unspecified atom stereocenters. The quantitative estimate of drug-likeness (QED) is 0.414. The topological polar surface area (TPSA) is 96.0 Å². The number of benzene rings is 3. The fourth-order valence-electron chi connectivity index (χ4n) is 3.94. The van der Waals surface area contributed by atoms with E-state index in [0.717, 1.165) is 17.9 Å². The molecule has 1 N–H and O–H groups in total. The first-order chi connectivity index (χ1) is 17.6. The van der Waals surface area contributed by atoms with Crippen molar-refractivity contribution in [1.82, 2.24) is 10.2 Å². The second-order valence-corrected chi connectivity index (χ2v) is 10.3. The van der Waals surface area contributed by atoms with E-state index in [1.54, 1.807) is 24.3 Å². The minimum Gasteiger partial charge on any atom is -0.497 e. The summed E-state index contributed by atoms with van der Waals surface area (Å²) in [5, 5.41) is 2.60. The van der Waals surface area contributed by atoms with Crippen LogP contribution in [0.25, 0.3) is 0 Å². The van der Waals surface area contributed by atoms with Gasteiger partial charge in [0.2, 0.25) is 21.8 Å². The molecule has 0 aliphatic heterocycles. The van der Waals surface area contributed by atoms with Crippen LogP contribution in [0.5, 0.6) is 5.75 Å². The molecule has 0 saturated heterocycles. The highest BCUT2D eigenvalue weighted by Crippen LogP contribution is 2.23. The normalized spacial score (nSPS) is 11.9. The highest BCUT2D eigenvalue weighted by Gasteiger charge is 2.33. The monoisotopic (exact) mass is 527 g/mol. The Hall–Kier alpha value is -3.92. The molecule has 1 atom stereocenters. The Bertz CT molecular complexity index is 1330. The maximum Gasteiger partial charge on any atom is 0.244 e. The number of hydrogen-bond acceptors (Lipinski definition) is 5. The molecule has 0 aromatic heterocycles. The molecule has 0 spiro atoms. The third-order valence-electron chi connectivity index (χ3n) is 5.80. The van der Waals surface area contributed by atoms with Crippen LogP contribution in [0.4, 0.5) is 10.1 Å². The lowest BCUT2D eigenvalue weighted by atomic mass is 10.0. The number of sulfonamides is 1. The third kappa shape index (κ3) is 7.29. The first-order valence-electron chi connectivity index (χ1n) is 11.5. The van der Waals surface area contributed by atoms with Crippen molar-refractivity contribution in [2.45, 2.75) is 19.0 Å². The lowest BCUT2D eigenvalue weighted by Gasteiger charge is -2.33. The lowest BCUT2D eigenvalue weighted by Crippen LogP contribution is -2.53. The molecule has 2 amide bonds. The Labute approximate surface area is 216 Å². The molecule has 0 aliphatic carbocycles. The largest absolute Gasteiger partial charge is 0.497 e. The smallest absolute Gasteiger partial charge is 0.244 e. The first kappa shape index (κ1) is 27.7. The van der Waals surface area contributed by atoms with Crippen LogP contribution in [0, 0.1) is 5.82 Å². The number of nitrogens with one attached hydrogen (secondary N) is 1. The van der Waals surface area contributed by atoms with Gasteiger partial charge in [-0.05, 0) is 35.4 Å². The van der Waals surface area contributed by atoms with Gasteiger partial charge in [-0.2, -0.15) is 0 Å². The summed E-state index contributed by atoms with van der Waals surface area (Å²) in [6.45, 7) is -0.693. The van der Waals surface area contributed by atoms with Gasteiger partial charge in [0, 0.05) is 20.0 Å². The zero-order valence-electron chi connectivity index (χ0n) is 20.9. The number of rotatable bonds is 11. The number of carbonyl (C=O) groups excluding carboxylic acids is 2. The van der Waals surface area contributed by atoms with E-state index >= 15 is 0 Å². The number of halogens is 1. The summed E-state index contributed by atoms with van der Waals surface area (Å²) in [4.78, 5) is 28.2. The average molecular weight is 528 g/mol. The maximum atomic E-state index is 14.6. The summed E-state index contributed by atoms with van der Waals surface area (Å²) in [6, 6.07) is 20.5. The summed E-state index contributed by atoms with van der Waals surface area (Å²) in [6.07, 6.45) is 1.09. The Balaban J connectivity index is 2.04. The SMILES string of the molecule is CNC(=O)[C@H](Cc1ccccc1)N(Cc1cccc(OC)c1)C(=O)CN(c1ccccc1F)S(C)(=O)=O. The van der Waals surface area contributed by atoms with Crippen LogP contribution in [-0.2, 0) is 32.6 Å². The van der Waals surface area contributed by atoms with Crippen LogP contribution in [0.15, 0.2) is 78.9 Å². The number of para-hydroxylation sites is 1. The van der Waals surface area contributed by atoms with E-state index in [0.29, 0.717) is 15.6 Å². The van der Waals surface area contributed by atoms with Crippen LogP contribution in [0.3, 0.4) is 0 Å². The molecule has 196 valence electrons. The third-order valence-corrected chi connectivity index (χ3v) is 6.93. The van der Waals surface area contributed by atoms with Crippen molar-refractivity contribution >= 4 is 27.5 Å². The van der Waals surface area contributed by atoms with Gasteiger partial charge in [0.05, 0.1) is 19.1 Å². The van der Waals surface area contributed by atoms with E-state index < -0.39 is 40.2 Å². The van der Waals surface area contributed by atoms with E-state index in [1.165, 1.54) is 37.3 Å². The zero-order valence-corrected chi connectivity index (χ0v) is 21.7. The van der Waals surface area contributed by atoms with E-state index in [4.69, 9.17) is 4.74 Å². The van der Waals surface area contributed by atoms with Gasteiger partial charge in [-0.15, -0.1) is 0 Å². The first-order valence-corrected chi connectivity index (χ1v) is 13.4. The van der Waals surface area contributed by atoms with Crippen molar-refractivity contribution in [3.05, 3.63) is 95.8 Å². The molecule has 3 aromatic rings. The molecular weight excluding hydrogens is 497 g/mol. The highest BCUT2D eigenvalue weighted by atomic mass is 32.2. The minimum absolute atomic E-state index is 0.00414. The lowest BCUT2D eigenvalue weighted by molar-refractivity contribution is -0.139. The molecule has 37 heavy (non-hydrogen) atoms. The predicted molar refractivity (Wildman–Crippen MR) is 140 cm³/mol. The van der Waals surface area contributed by atoms with Crippen LogP contribution in [0.1, 0.15) is 11.1 Å². The molecule has 0 heterocycles. The number of ether oxygens (including phenoxy) is 1. The Morgan fingerprint density at radius 1 is 0.973 bits per heavy atom. The Kier molecular flexibility index (Phi) is 9.24. The molecular formula is C27H30FN3O5S. The molecule has 3 rings (SSSR count). The molecule has 0 saturated carbocycles. The fraction of sp³-hybridized carbons (Fsp3) is 0.259. The summed E-state index contributed by atoms with van der Waals surface area (Å²) in [7, 11) is -1.05. The number of methoxy groups -OCH3 is 1. The van der Waals surface area contributed by atoms with E-state index in [2.05, 4.69) is 5.32 Å². The van der Waals surface area contributed by atoms with E-state index in [1.807, 2.05) is 30.3 Å². The van der Waals surface area contributed by atoms with Crippen molar-refractivity contribution < 1.29 is 27.1 Å². The van der Waals surface area contributed by atoms with Crippen molar-refractivity contribution in [3.8, 4) is 5.75 Å². The second-order valence-electron chi connectivity index (χ2n) is 8.41. The van der Waals surface area contributed by atoms with Crippen molar-refractivity contribution in [1.29, 1.82) is 0 Å². The summed E-state index contributed by atoms with van der Waals surface area (Å²) in [5.41, 5.74) is 1.24. The van der Waals surface area contributed by atoms with Gasteiger partial charge in [-0.25, -0.2) is 12.8 Å². The van der Waals surface area contributed by atoms with Gasteiger partial charge in [0.1, 0.15) is 24.2 Å². The van der Waals surface area contributed by atoms with E-state index in [-0.39, 0.29) is 18.7 Å². The van der Waals surface area contributed by atoms with Gasteiger partial charge in [0.25, 0.3) is 0 Å². The summed E-state index contributed by atoms with van der Waals surface area (Å²) < 4.78 is 45.8. The second kappa shape index (κ2) is 12.4. The van der Waals surface area contributed by atoms with E-state index in [9.17, 15) is 22.4 Å². The van der Waals surface area contributed by atoms with Gasteiger partial charge in [0.15, 0.2) is 0 Å². The minimum atomic E-state index is -4.04. The number of likely N-dealkylation sites (N-methyl/N-ethyl adjacent to an activating group) is 1. The van der Waals surface area contributed by atoms with Crippen LogP contribution in [-0.4, -0.2) is 58.1 Å². The van der Waals surface area contributed by atoms with Gasteiger partial charge < -0.3 is 15.0 Å². The van der Waals surface area contributed by atoms with Gasteiger partial charge in [-0.3, -0.25) is 13.9 Å².